The lowest BCUT2D eigenvalue weighted by atomic mass is 9.97. The molecule has 1 aliphatic heterocycles. The van der Waals surface area contributed by atoms with E-state index in [-0.39, 0.29) is 5.91 Å². The van der Waals surface area contributed by atoms with E-state index in [1.165, 1.54) is 18.4 Å². The maximum atomic E-state index is 12.6. The quantitative estimate of drug-likeness (QED) is 0.910. The molecule has 0 spiro atoms. The summed E-state index contributed by atoms with van der Waals surface area (Å²) in [4.78, 5) is 19.2. The van der Waals surface area contributed by atoms with Gasteiger partial charge in [0, 0.05) is 37.6 Å². The number of hydrogen-bond acceptors (Lipinski definition) is 3. The molecule has 1 saturated heterocycles. The molecule has 0 saturated carbocycles. The lowest BCUT2D eigenvalue weighted by Crippen LogP contribution is -2.40. The molecule has 132 valence electrons. The molecular weight excluding hydrogens is 310 g/mol. The number of rotatable bonds is 5. The molecule has 1 amide bonds. The van der Waals surface area contributed by atoms with Crippen molar-refractivity contribution in [3.63, 3.8) is 0 Å². The summed E-state index contributed by atoms with van der Waals surface area (Å²) in [7, 11) is 0. The van der Waals surface area contributed by atoms with Crippen LogP contribution in [0.4, 0.5) is 0 Å². The lowest BCUT2D eigenvalue weighted by molar-refractivity contribution is 0.0929. The van der Waals surface area contributed by atoms with E-state index in [4.69, 9.17) is 0 Å². The Hall–Kier alpha value is -2.20. The molecule has 0 bridgehead atoms. The van der Waals surface area contributed by atoms with Crippen molar-refractivity contribution in [1.82, 2.24) is 15.2 Å². The molecule has 25 heavy (non-hydrogen) atoms. The first kappa shape index (κ1) is 17.6. The Morgan fingerprint density at radius 1 is 1.24 bits per heavy atom. The molecule has 0 aliphatic carbocycles. The summed E-state index contributed by atoms with van der Waals surface area (Å²) in [6, 6.07) is 10.1. The number of benzene rings is 1. The summed E-state index contributed by atoms with van der Waals surface area (Å²) in [5, 5.41) is 3.16. The molecule has 0 unspecified atom stereocenters. The Kier molecular flexibility index (Phi) is 5.82. The number of aryl methyl sites for hydroxylation is 2. The second-order valence-electron chi connectivity index (χ2n) is 7.08. The monoisotopic (exact) mass is 337 g/mol. The second-order valence-corrected chi connectivity index (χ2v) is 7.08. The van der Waals surface area contributed by atoms with Gasteiger partial charge in [-0.2, -0.15) is 0 Å². The summed E-state index contributed by atoms with van der Waals surface area (Å²) >= 11 is 0. The van der Waals surface area contributed by atoms with Crippen molar-refractivity contribution < 1.29 is 4.79 Å². The van der Waals surface area contributed by atoms with Crippen LogP contribution in [-0.2, 0) is 6.54 Å². The Balaban J connectivity index is 1.53. The van der Waals surface area contributed by atoms with Gasteiger partial charge in [0.1, 0.15) is 0 Å². The lowest BCUT2D eigenvalue weighted by Gasteiger charge is -2.32. The zero-order chi connectivity index (χ0) is 17.6. The van der Waals surface area contributed by atoms with Gasteiger partial charge in [-0.3, -0.25) is 14.7 Å². The fourth-order valence-corrected chi connectivity index (χ4v) is 3.71. The maximum absolute atomic E-state index is 12.6. The molecule has 3 rings (SSSR count). The van der Waals surface area contributed by atoms with Crippen molar-refractivity contribution in [2.75, 3.05) is 19.6 Å². The number of nitrogens with one attached hydrogen (secondary N) is 1. The number of pyridine rings is 1. The molecule has 4 nitrogen and oxygen atoms in total. The van der Waals surface area contributed by atoms with Crippen LogP contribution in [0.15, 0.2) is 42.7 Å². The molecule has 1 N–H and O–H groups in total. The van der Waals surface area contributed by atoms with E-state index < -0.39 is 0 Å². The molecule has 1 aromatic heterocycles. The molecule has 2 heterocycles. The van der Waals surface area contributed by atoms with Crippen molar-refractivity contribution >= 4 is 5.91 Å². The molecule has 0 radical (unpaired) electrons. The van der Waals surface area contributed by atoms with E-state index in [1.807, 2.05) is 50.5 Å². The van der Waals surface area contributed by atoms with E-state index in [9.17, 15) is 4.79 Å². The fourth-order valence-electron chi connectivity index (χ4n) is 3.71. The number of carbonyl (C=O) groups excluding carboxylic acids is 1. The van der Waals surface area contributed by atoms with Crippen molar-refractivity contribution in [1.29, 1.82) is 0 Å². The van der Waals surface area contributed by atoms with Gasteiger partial charge in [-0.1, -0.05) is 24.3 Å². The smallest absolute Gasteiger partial charge is 0.251 e. The average molecular weight is 337 g/mol. The summed E-state index contributed by atoms with van der Waals surface area (Å²) in [6.45, 7) is 7.83. The average Bonchev–Trinajstić information content (AvgIpc) is 2.61. The summed E-state index contributed by atoms with van der Waals surface area (Å²) < 4.78 is 0. The third kappa shape index (κ3) is 4.67. The third-order valence-corrected chi connectivity index (χ3v) is 4.99. The van der Waals surface area contributed by atoms with Crippen LogP contribution in [-0.4, -0.2) is 35.4 Å². The zero-order valence-corrected chi connectivity index (χ0v) is 15.2. The van der Waals surface area contributed by atoms with Crippen molar-refractivity contribution in [2.24, 2.45) is 5.92 Å². The standard InChI is InChI=1S/C21H27N3O/c1-16-6-3-7-17(2)20(16)21(25)23-13-19-9-5-11-24(15-19)14-18-8-4-10-22-12-18/h3-4,6-8,10,12,19H,5,9,11,13-15H2,1-2H3,(H,23,25)/t19-/m1/s1. The third-order valence-electron chi connectivity index (χ3n) is 4.99. The molecular formula is C21H27N3O. The minimum Gasteiger partial charge on any atom is -0.352 e. The van der Waals surface area contributed by atoms with Crippen molar-refractivity contribution in [3.8, 4) is 0 Å². The minimum atomic E-state index is 0.0555. The second kappa shape index (κ2) is 8.26. The van der Waals surface area contributed by atoms with Crippen molar-refractivity contribution in [3.05, 3.63) is 65.0 Å². The summed E-state index contributed by atoms with van der Waals surface area (Å²) in [6.07, 6.45) is 6.11. The number of aromatic nitrogens is 1. The number of piperidine rings is 1. The van der Waals surface area contributed by atoms with Gasteiger partial charge in [-0.25, -0.2) is 0 Å². The van der Waals surface area contributed by atoms with E-state index in [0.29, 0.717) is 5.92 Å². The highest BCUT2D eigenvalue weighted by atomic mass is 16.1. The van der Waals surface area contributed by atoms with Gasteiger partial charge in [-0.15, -0.1) is 0 Å². The molecule has 4 heteroatoms. The van der Waals surface area contributed by atoms with E-state index >= 15 is 0 Å². The van der Waals surface area contributed by atoms with Gasteiger partial charge in [0.05, 0.1) is 0 Å². The predicted molar refractivity (Wildman–Crippen MR) is 100 cm³/mol. The fraction of sp³-hybridized carbons (Fsp3) is 0.429. The largest absolute Gasteiger partial charge is 0.352 e. The molecule has 1 aliphatic rings. The zero-order valence-electron chi connectivity index (χ0n) is 15.2. The first-order valence-corrected chi connectivity index (χ1v) is 9.09. The van der Waals surface area contributed by atoms with Crippen molar-refractivity contribution in [2.45, 2.75) is 33.2 Å². The van der Waals surface area contributed by atoms with E-state index in [0.717, 1.165) is 42.9 Å². The van der Waals surface area contributed by atoms with Gasteiger partial charge in [0.15, 0.2) is 0 Å². The Morgan fingerprint density at radius 2 is 2.04 bits per heavy atom. The number of hydrogen-bond donors (Lipinski definition) is 1. The Bertz CT molecular complexity index is 694. The number of amides is 1. The van der Waals surface area contributed by atoms with Gasteiger partial charge in [0.2, 0.25) is 0 Å². The number of likely N-dealkylation sites (tertiary alicyclic amines) is 1. The van der Waals surface area contributed by atoms with Crippen LogP contribution in [0.25, 0.3) is 0 Å². The number of nitrogens with zero attached hydrogens (tertiary/aromatic N) is 2. The van der Waals surface area contributed by atoms with Crippen LogP contribution in [0, 0.1) is 19.8 Å². The van der Waals surface area contributed by atoms with Crippen LogP contribution in [0.1, 0.15) is 39.9 Å². The molecule has 2 aromatic rings. The van der Waals surface area contributed by atoms with Gasteiger partial charge in [-0.05, 0) is 61.9 Å². The van der Waals surface area contributed by atoms with Crippen LogP contribution >= 0.6 is 0 Å². The van der Waals surface area contributed by atoms with Crippen LogP contribution < -0.4 is 5.32 Å². The molecule has 1 aromatic carbocycles. The summed E-state index contributed by atoms with van der Waals surface area (Å²) in [5.74, 6) is 0.568. The minimum absolute atomic E-state index is 0.0555. The maximum Gasteiger partial charge on any atom is 0.251 e. The SMILES string of the molecule is Cc1cccc(C)c1C(=O)NC[C@H]1CCCN(Cc2cccnc2)C1. The Labute approximate surface area is 150 Å². The number of carbonyl (C=O) groups is 1. The van der Waals surface area contributed by atoms with E-state index in [2.05, 4.69) is 21.3 Å². The van der Waals surface area contributed by atoms with Crippen LogP contribution in [0.5, 0.6) is 0 Å². The Morgan fingerprint density at radius 3 is 2.76 bits per heavy atom. The summed E-state index contributed by atoms with van der Waals surface area (Å²) in [5.41, 5.74) is 4.16. The van der Waals surface area contributed by atoms with Crippen LogP contribution in [0.3, 0.4) is 0 Å². The van der Waals surface area contributed by atoms with E-state index in [1.54, 1.807) is 0 Å². The highest BCUT2D eigenvalue weighted by Gasteiger charge is 2.21. The van der Waals surface area contributed by atoms with Gasteiger partial charge < -0.3 is 5.32 Å². The molecule has 1 fully saturated rings. The highest BCUT2D eigenvalue weighted by molar-refractivity contribution is 5.97. The topological polar surface area (TPSA) is 45.2 Å². The van der Waals surface area contributed by atoms with Gasteiger partial charge in [0.25, 0.3) is 5.91 Å². The van der Waals surface area contributed by atoms with Crippen LogP contribution in [0.2, 0.25) is 0 Å². The first-order chi connectivity index (χ1) is 12.1. The predicted octanol–water partition coefficient (Wildman–Crippen LogP) is 3.34. The first-order valence-electron chi connectivity index (χ1n) is 9.09. The highest BCUT2D eigenvalue weighted by Crippen LogP contribution is 2.18. The van der Waals surface area contributed by atoms with Gasteiger partial charge >= 0.3 is 0 Å². The molecule has 1 atom stereocenters. The normalized spacial score (nSPS) is 18.1.